The van der Waals surface area contributed by atoms with E-state index in [1.54, 1.807) is 6.07 Å². The van der Waals surface area contributed by atoms with Crippen molar-refractivity contribution in [2.75, 3.05) is 33.9 Å². The number of aliphatic imine (C=N–C) groups is 1. The molecule has 0 amide bonds. The first kappa shape index (κ1) is 26.1. The summed E-state index contributed by atoms with van der Waals surface area (Å²) in [6.07, 6.45) is 0.862. The first-order valence-electron chi connectivity index (χ1n) is 9.70. The normalized spacial score (nSPS) is 11.2. The largest absolute Gasteiger partial charge is 0.494 e. The highest BCUT2D eigenvalue weighted by Gasteiger charge is 2.11. The van der Waals surface area contributed by atoms with E-state index in [9.17, 15) is 4.39 Å². The summed E-state index contributed by atoms with van der Waals surface area (Å²) >= 11 is 0. The second-order valence-electron chi connectivity index (χ2n) is 6.66. The Labute approximate surface area is 194 Å². The first-order chi connectivity index (χ1) is 14.0. The smallest absolute Gasteiger partial charge is 0.194 e. The second kappa shape index (κ2) is 13.4. The van der Waals surface area contributed by atoms with E-state index >= 15 is 0 Å². The Kier molecular flexibility index (Phi) is 11.6. The molecule has 0 spiro atoms. The fourth-order valence-electron chi connectivity index (χ4n) is 2.72. The molecule has 1 aromatic heterocycles. The molecule has 0 saturated heterocycles. The van der Waals surface area contributed by atoms with Gasteiger partial charge in [0.1, 0.15) is 12.4 Å². The minimum atomic E-state index is -0.379. The van der Waals surface area contributed by atoms with Crippen molar-refractivity contribution in [3.8, 4) is 5.75 Å². The highest BCUT2D eigenvalue weighted by Crippen LogP contribution is 2.18. The van der Waals surface area contributed by atoms with Crippen LogP contribution < -0.4 is 10.1 Å². The number of hydrogen-bond acceptors (Lipinski definition) is 5. The van der Waals surface area contributed by atoms with Gasteiger partial charge in [-0.2, -0.15) is 0 Å². The minimum absolute atomic E-state index is 0. The van der Waals surface area contributed by atoms with Crippen LogP contribution in [-0.2, 0) is 24.9 Å². The van der Waals surface area contributed by atoms with E-state index in [1.165, 1.54) is 13.2 Å². The van der Waals surface area contributed by atoms with Gasteiger partial charge < -0.3 is 24.3 Å². The van der Waals surface area contributed by atoms with E-state index in [2.05, 4.69) is 20.5 Å². The van der Waals surface area contributed by atoms with Crippen LogP contribution in [0.5, 0.6) is 5.75 Å². The molecule has 0 unspecified atom stereocenters. The number of ether oxygens (including phenoxy) is 2. The molecule has 0 fully saturated rings. The summed E-state index contributed by atoms with van der Waals surface area (Å²) in [4.78, 5) is 6.64. The lowest BCUT2D eigenvalue weighted by Crippen LogP contribution is -2.39. The Morgan fingerprint density at radius 3 is 2.70 bits per heavy atom. The zero-order valence-corrected chi connectivity index (χ0v) is 20.6. The molecule has 30 heavy (non-hydrogen) atoms. The summed E-state index contributed by atoms with van der Waals surface area (Å²) in [5.74, 6) is 2.18. The van der Waals surface area contributed by atoms with Crippen LogP contribution in [0.4, 0.5) is 4.39 Å². The number of halogens is 2. The number of hydrogen-bond donors (Lipinski definition) is 1. The van der Waals surface area contributed by atoms with Gasteiger partial charge in [-0.1, -0.05) is 6.07 Å². The van der Waals surface area contributed by atoms with Crippen molar-refractivity contribution in [3.63, 3.8) is 0 Å². The molecule has 0 saturated carbocycles. The van der Waals surface area contributed by atoms with Crippen LogP contribution in [0.15, 0.2) is 23.2 Å². The quantitative estimate of drug-likeness (QED) is 0.219. The van der Waals surface area contributed by atoms with Crippen LogP contribution in [0.25, 0.3) is 0 Å². The number of nitrogens with one attached hydrogen (secondary N) is 1. The molecule has 0 bridgehead atoms. The molecule has 0 aliphatic carbocycles. The first-order valence-corrected chi connectivity index (χ1v) is 9.70. The summed E-state index contributed by atoms with van der Waals surface area (Å²) in [5, 5.41) is 11.6. The Hall–Kier alpha value is -1.95. The summed E-state index contributed by atoms with van der Waals surface area (Å²) in [7, 11) is 5.28. The van der Waals surface area contributed by atoms with E-state index in [4.69, 9.17) is 9.47 Å². The third-order valence-electron chi connectivity index (χ3n) is 4.50. The molecule has 10 heteroatoms. The zero-order valence-electron chi connectivity index (χ0n) is 18.3. The summed E-state index contributed by atoms with van der Waals surface area (Å²) in [5.41, 5.74) is 0.823. The highest BCUT2D eigenvalue weighted by molar-refractivity contribution is 14.0. The second-order valence-corrected chi connectivity index (χ2v) is 6.66. The van der Waals surface area contributed by atoms with E-state index < -0.39 is 0 Å². The number of aromatic nitrogens is 3. The third-order valence-corrected chi connectivity index (χ3v) is 4.50. The summed E-state index contributed by atoms with van der Waals surface area (Å²) in [6, 6.07) is 4.96. The molecule has 1 heterocycles. The van der Waals surface area contributed by atoms with E-state index in [1.807, 2.05) is 43.5 Å². The van der Waals surface area contributed by atoms with Crippen molar-refractivity contribution >= 4 is 29.9 Å². The zero-order chi connectivity index (χ0) is 21.2. The van der Waals surface area contributed by atoms with Crippen LogP contribution in [0, 0.1) is 12.7 Å². The maximum absolute atomic E-state index is 14.0. The lowest BCUT2D eigenvalue weighted by Gasteiger charge is -2.23. The molecule has 2 aromatic rings. The Balaban J connectivity index is 0.00000450. The van der Waals surface area contributed by atoms with Crippen molar-refractivity contribution < 1.29 is 13.9 Å². The SMILES string of the molecule is CCOCCCNC(=NCc1nnc(C)n1C)N(C)Cc1ccc(OC)c(F)c1.I. The summed E-state index contributed by atoms with van der Waals surface area (Å²) < 4.78 is 26.3. The Bertz CT molecular complexity index is 815. The van der Waals surface area contributed by atoms with Gasteiger partial charge in [0.05, 0.1) is 7.11 Å². The van der Waals surface area contributed by atoms with Gasteiger partial charge in [0.2, 0.25) is 0 Å². The monoisotopic (exact) mass is 534 g/mol. The number of guanidine groups is 1. The van der Waals surface area contributed by atoms with Gasteiger partial charge >= 0.3 is 0 Å². The number of aryl methyl sites for hydroxylation is 1. The fraction of sp³-hybridized carbons (Fsp3) is 0.550. The molecule has 8 nitrogen and oxygen atoms in total. The molecule has 0 radical (unpaired) electrons. The number of methoxy groups -OCH3 is 1. The average molecular weight is 534 g/mol. The lowest BCUT2D eigenvalue weighted by molar-refractivity contribution is 0.145. The van der Waals surface area contributed by atoms with E-state index in [0.717, 1.165) is 30.2 Å². The molecule has 168 valence electrons. The topological polar surface area (TPSA) is 76.8 Å². The van der Waals surface area contributed by atoms with E-state index in [0.29, 0.717) is 32.3 Å². The maximum Gasteiger partial charge on any atom is 0.194 e. The molecule has 0 aliphatic rings. The van der Waals surface area contributed by atoms with Crippen molar-refractivity contribution in [3.05, 3.63) is 41.2 Å². The average Bonchev–Trinajstić information content (AvgIpc) is 3.02. The van der Waals surface area contributed by atoms with Crippen molar-refractivity contribution in [2.24, 2.45) is 12.0 Å². The van der Waals surface area contributed by atoms with Crippen molar-refractivity contribution in [1.29, 1.82) is 0 Å². The van der Waals surface area contributed by atoms with Crippen LogP contribution in [-0.4, -0.2) is 59.5 Å². The predicted molar refractivity (Wildman–Crippen MR) is 126 cm³/mol. The standard InChI is InChI=1S/C20H31FN6O2.HI/c1-6-29-11-7-10-22-20(23-13-19-25-24-15(2)27(19)4)26(3)14-16-8-9-18(28-5)17(21)12-16;/h8-9,12H,6-7,10-11,13-14H2,1-5H3,(H,22,23);1H. The Morgan fingerprint density at radius 1 is 1.33 bits per heavy atom. The van der Waals surface area contributed by atoms with Gasteiger partial charge in [-0.3, -0.25) is 0 Å². The molecule has 1 aromatic carbocycles. The van der Waals surface area contributed by atoms with Crippen LogP contribution in [0.1, 0.15) is 30.6 Å². The van der Waals surface area contributed by atoms with Crippen LogP contribution in [0.3, 0.4) is 0 Å². The molecule has 1 N–H and O–H groups in total. The highest BCUT2D eigenvalue weighted by atomic mass is 127. The molecular weight excluding hydrogens is 502 g/mol. The van der Waals surface area contributed by atoms with Gasteiger partial charge in [-0.15, -0.1) is 34.2 Å². The molecule has 0 aliphatic heterocycles. The van der Waals surface area contributed by atoms with Gasteiger partial charge in [-0.05, 0) is 38.0 Å². The lowest BCUT2D eigenvalue weighted by atomic mass is 10.2. The number of benzene rings is 1. The number of rotatable bonds is 10. The number of nitrogens with zero attached hydrogens (tertiary/aromatic N) is 5. The molecule has 0 atom stereocenters. The van der Waals surface area contributed by atoms with Gasteiger partial charge in [0, 0.05) is 40.4 Å². The molecule has 2 rings (SSSR count). The van der Waals surface area contributed by atoms with Gasteiger partial charge in [0.25, 0.3) is 0 Å². The Morgan fingerprint density at radius 2 is 2.10 bits per heavy atom. The van der Waals surface area contributed by atoms with Crippen molar-refractivity contribution in [1.82, 2.24) is 25.0 Å². The van der Waals surface area contributed by atoms with Crippen LogP contribution >= 0.6 is 24.0 Å². The van der Waals surface area contributed by atoms with Gasteiger partial charge in [0.15, 0.2) is 23.4 Å². The predicted octanol–water partition coefficient (Wildman–Crippen LogP) is 2.89. The minimum Gasteiger partial charge on any atom is -0.494 e. The van der Waals surface area contributed by atoms with E-state index in [-0.39, 0.29) is 35.5 Å². The maximum atomic E-state index is 14.0. The third kappa shape index (κ3) is 7.71. The van der Waals surface area contributed by atoms with Crippen LogP contribution in [0.2, 0.25) is 0 Å². The van der Waals surface area contributed by atoms with Gasteiger partial charge in [-0.25, -0.2) is 9.38 Å². The summed E-state index contributed by atoms with van der Waals surface area (Å²) in [6.45, 7) is 6.88. The van der Waals surface area contributed by atoms with Crippen molar-refractivity contribution in [2.45, 2.75) is 33.4 Å². The fourth-order valence-corrected chi connectivity index (χ4v) is 2.72. The molecular formula is C20H32FIN6O2.